The molecular weight excluding hydrogens is 214 g/mol. The van der Waals surface area contributed by atoms with Crippen LogP contribution < -0.4 is 10.0 Å². The van der Waals surface area contributed by atoms with E-state index < -0.39 is 10.2 Å². The Morgan fingerprint density at radius 1 is 1.27 bits per heavy atom. The van der Waals surface area contributed by atoms with Crippen LogP contribution >= 0.6 is 0 Å². The largest absolute Gasteiger partial charge is 0.314 e. The Labute approximate surface area is 91.4 Å². The smallest absolute Gasteiger partial charge is 0.279 e. The highest BCUT2D eigenvalue weighted by atomic mass is 32.2. The van der Waals surface area contributed by atoms with Crippen LogP contribution in [0.2, 0.25) is 0 Å². The molecule has 1 aliphatic carbocycles. The van der Waals surface area contributed by atoms with Gasteiger partial charge in [-0.1, -0.05) is 12.8 Å². The molecule has 0 amide bonds. The van der Waals surface area contributed by atoms with Crippen molar-refractivity contribution in [3.63, 3.8) is 0 Å². The van der Waals surface area contributed by atoms with Crippen molar-refractivity contribution < 1.29 is 8.42 Å². The Balaban J connectivity index is 1.76. The van der Waals surface area contributed by atoms with Crippen molar-refractivity contribution in [2.75, 3.05) is 32.7 Å². The summed E-state index contributed by atoms with van der Waals surface area (Å²) in [4.78, 5) is 0. The number of nitrogens with zero attached hydrogens (tertiary/aromatic N) is 1. The molecule has 6 heteroatoms. The minimum atomic E-state index is -3.21. The second-order valence-electron chi connectivity index (χ2n) is 4.28. The molecule has 2 N–H and O–H groups in total. The van der Waals surface area contributed by atoms with Gasteiger partial charge in [0.05, 0.1) is 0 Å². The Morgan fingerprint density at radius 3 is 2.53 bits per heavy atom. The molecule has 15 heavy (non-hydrogen) atoms. The van der Waals surface area contributed by atoms with E-state index >= 15 is 0 Å². The van der Waals surface area contributed by atoms with Gasteiger partial charge in [0, 0.05) is 32.7 Å². The minimum absolute atomic E-state index is 0.582. The SMILES string of the molecule is O=S(=O)(NCCC1CC1)N1CCNCC1. The van der Waals surface area contributed by atoms with Crippen LogP contribution in [0, 0.1) is 5.92 Å². The van der Waals surface area contributed by atoms with Crippen LogP contribution in [-0.2, 0) is 10.2 Å². The van der Waals surface area contributed by atoms with Crippen LogP contribution in [0.5, 0.6) is 0 Å². The lowest BCUT2D eigenvalue weighted by atomic mass is 10.3. The third-order valence-corrected chi connectivity index (χ3v) is 4.56. The maximum atomic E-state index is 11.8. The van der Waals surface area contributed by atoms with Crippen LogP contribution in [0.4, 0.5) is 0 Å². The van der Waals surface area contributed by atoms with Gasteiger partial charge in [-0.3, -0.25) is 0 Å². The lowest BCUT2D eigenvalue weighted by Crippen LogP contribution is -2.50. The first-order valence-corrected chi connectivity index (χ1v) is 7.08. The molecule has 0 atom stereocenters. The number of hydrogen-bond acceptors (Lipinski definition) is 3. The molecular formula is C9H19N3O2S. The van der Waals surface area contributed by atoms with E-state index in [1.165, 1.54) is 17.1 Å². The first-order chi connectivity index (χ1) is 7.18. The molecule has 2 fully saturated rings. The monoisotopic (exact) mass is 233 g/mol. The van der Waals surface area contributed by atoms with Crippen molar-refractivity contribution in [1.29, 1.82) is 0 Å². The van der Waals surface area contributed by atoms with Crippen molar-refractivity contribution in [3.8, 4) is 0 Å². The zero-order valence-electron chi connectivity index (χ0n) is 8.91. The van der Waals surface area contributed by atoms with E-state index in [2.05, 4.69) is 10.0 Å². The van der Waals surface area contributed by atoms with Gasteiger partial charge in [0.15, 0.2) is 0 Å². The van der Waals surface area contributed by atoms with E-state index in [1.807, 2.05) is 0 Å². The van der Waals surface area contributed by atoms with E-state index in [9.17, 15) is 8.42 Å². The zero-order valence-corrected chi connectivity index (χ0v) is 9.72. The molecule has 0 bridgehead atoms. The summed E-state index contributed by atoms with van der Waals surface area (Å²) in [5.41, 5.74) is 0. The summed E-state index contributed by atoms with van der Waals surface area (Å²) in [7, 11) is -3.21. The average molecular weight is 233 g/mol. The quantitative estimate of drug-likeness (QED) is 0.674. The van der Waals surface area contributed by atoms with Crippen LogP contribution in [0.1, 0.15) is 19.3 Å². The van der Waals surface area contributed by atoms with Crippen molar-refractivity contribution in [2.24, 2.45) is 5.92 Å². The standard InChI is InChI=1S/C9H19N3O2S/c13-15(14,11-4-3-9-1-2-9)12-7-5-10-6-8-12/h9-11H,1-8H2. The fourth-order valence-corrected chi connectivity index (χ4v) is 3.00. The first kappa shape index (κ1) is 11.3. The molecule has 1 saturated heterocycles. The third kappa shape index (κ3) is 3.41. The van der Waals surface area contributed by atoms with Gasteiger partial charge in [-0.25, -0.2) is 4.72 Å². The lowest BCUT2D eigenvalue weighted by Gasteiger charge is -2.26. The molecule has 0 aromatic carbocycles. The Hall–Kier alpha value is -0.170. The van der Waals surface area contributed by atoms with Gasteiger partial charge in [0.2, 0.25) is 0 Å². The Morgan fingerprint density at radius 2 is 1.93 bits per heavy atom. The van der Waals surface area contributed by atoms with E-state index in [0.29, 0.717) is 19.6 Å². The van der Waals surface area contributed by atoms with Crippen LogP contribution in [0.3, 0.4) is 0 Å². The molecule has 88 valence electrons. The summed E-state index contributed by atoms with van der Waals surface area (Å²) in [6.07, 6.45) is 3.54. The predicted molar refractivity (Wildman–Crippen MR) is 58.7 cm³/mol. The topological polar surface area (TPSA) is 61.4 Å². The molecule has 0 unspecified atom stereocenters. The highest BCUT2D eigenvalue weighted by molar-refractivity contribution is 7.87. The summed E-state index contributed by atoms with van der Waals surface area (Å²) in [6.45, 7) is 3.27. The van der Waals surface area contributed by atoms with Crippen molar-refractivity contribution in [3.05, 3.63) is 0 Å². The van der Waals surface area contributed by atoms with Gasteiger partial charge in [0.25, 0.3) is 10.2 Å². The van der Waals surface area contributed by atoms with E-state index in [-0.39, 0.29) is 0 Å². The molecule has 1 aliphatic heterocycles. The maximum absolute atomic E-state index is 11.8. The van der Waals surface area contributed by atoms with E-state index in [1.54, 1.807) is 0 Å². The Bertz CT molecular complexity index is 294. The molecule has 1 heterocycles. The molecule has 0 radical (unpaired) electrons. The summed E-state index contributed by atoms with van der Waals surface area (Å²) in [5.74, 6) is 0.774. The molecule has 1 saturated carbocycles. The van der Waals surface area contributed by atoms with Gasteiger partial charge >= 0.3 is 0 Å². The van der Waals surface area contributed by atoms with E-state index in [0.717, 1.165) is 25.4 Å². The van der Waals surface area contributed by atoms with Crippen LogP contribution in [0.25, 0.3) is 0 Å². The number of nitrogens with one attached hydrogen (secondary N) is 2. The maximum Gasteiger partial charge on any atom is 0.279 e. The van der Waals surface area contributed by atoms with Gasteiger partial charge in [-0.15, -0.1) is 0 Å². The fourth-order valence-electron chi connectivity index (χ4n) is 1.77. The normalized spacial score (nSPS) is 24.3. The highest BCUT2D eigenvalue weighted by Gasteiger charge is 2.25. The zero-order chi connectivity index (χ0) is 10.7. The minimum Gasteiger partial charge on any atom is -0.314 e. The Kier molecular flexibility index (Phi) is 3.60. The van der Waals surface area contributed by atoms with Crippen molar-refractivity contribution in [2.45, 2.75) is 19.3 Å². The first-order valence-electron chi connectivity index (χ1n) is 5.64. The average Bonchev–Trinajstić information content (AvgIpc) is 3.03. The van der Waals surface area contributed by atoms with Gasteiger partial charge < -0.3 is 5.32 Å². The summed E-state index contributed by atoms with van der Waals surface area (Å²) in [5, 5.41) is 3.14. The fraction of sp³-hybridized carbons (Fsp3) is 1.00. The molecule has 2 rings (SSSR count). The molecule has 2 aliphatic rings. The second kappa shape index (κ2) is 4.78. The van der Waals surface area contributed by atoms with Crippen molar-refractivity contribution in [1.82, 2.24) is 14.3 Å². The molecule has 0 aromatic rings. The third-order valence-electron chi connectivity index (χ3n) is 2.95. The summed E-state index contributed by atoms with van der Waals surface area (Å²) in [6, 6.07) is 0. The van der Waals surface area contributed by atoms with Crippen molar-refractivity contribution >= 4 is 10.2 Å². The molecule has 0 aromatic heterocycles. The highest BCUT2D eigenvalue weighted by Crippen LogP contribution is 2.31. The summed E-state index contributed by atoms with van der Waals surface area (Å²) < 4.78 is 27.7. The van der Waals surface area contributed by atoms with Crippen LogP contribution in [-0.4, -0.2) is 45.4 Å². The van der Waals surface area contributed by atoms with Crippen LogP contribution in [0.15, 0.2) is 0 Å². The number of hydrogen-bond donors (Lipinski definition) is 2. The van der Waals surface area contributed by atoms with Gasteiger partial charge in [-0.05, 0) is 12.3 Å². The summed E-state index contributed by atoms with van der Waals surface area (Å²) >= 11 is 0. The van der Waals surface area contributed by atoms with Gasteiger partial charge in [-0.2, -0.15) is 12.7 Å². The second-order valence-corrected chi connectivity index (χ2v) is 6.04. The number of rotatable bonds is 5. The molecule has 5 nitrogen and oxygen atoms in total. The molecule has 0 spiro atoms. The number of piperazine rings is 1. The lowest BCUT2D eigenvalue weighted by molar-refractivity contribution is 0.354. The van der Waals surface area contributed by atoms with Gasteiger partial charge in [0.1, 0.15) is 0 Å². The predicted octanol–water partition coefficient (Wildman–Crippen LogP) is -0.474. The van der Waals surface area contributed by atoms with E-state index in [4.69, 9.17) is 0 Å².